The van der Waals surface area contributed by atoms with Gasteiger partial charge in [-0.15, -0.1) is 11.3 Å². The zero-order valence-electron chi connectivity index (χ0n) is 30.4. The summed E-state index contributed by atoms with van der Waals surface area (Å²) < 4.78 is 17.6. The van der Waals surface area contributed by atoms with Crippen molar-refractivity contribution in [2.75, 3.05) is 27.3 Å². The van der Waals surface area contributed by atoms with Gasteiger partial charge in [-0.05, 0) is 61.4 Å². The quantitative estimate of drug-likeness (QED) is 0.181. The van der Waals surface area contributed by atoms with Gasteiger partial charge in [0.2, 0.25) is 5.91 Å². The number of amides is 3. The lowest BCUT2D eigenvalue weighted by atomic mass is 10.1. The highest BCUT2D eigenvalue weighted by molar-refractivity contribution is 7.13. The van der Waals surface area contributed by atoms with Crippen molar-refractivity contribution in [3.05, 3.63) is 77.3 Å². The van der Waals surface area contributed by atoms with Crippen LogP contribution in [0.4, 0.5) is 4.79 Å². The average Bonchev–Trinajstić information content (AvgIpc) is 3.44. The Morgan fingerprint density at radius 1 is 1.06 bits per heavy atom. The maximum absolute atomic E-state index is 14.6. The molecule has 4 aromatic rings. The largest absolute Gasteiger partial charge is 0.497 e. The molecule has 53 heavy (non-hydrogen) atoms. The van der Waals surface area contributed by atoms with Crippen molar-refractivity contribution in [2.45, 2.75) is 76.1 Å². The number of urea groups is 1. The standard InChI is InChI=1S/C40H45N5O7S/c1-24(2)33-23-53-37(42-33)32-19-35(30-15-14-28(51-4)17-31(30)41-32)52-29-18-34-36(46)43-40(38(47)48)20-26(40)9-7-5-6-8-16-44(39(49)45(34)22-29)21-25-10-12-27(50-3)13-11-25/h7,9-15,17,19,23-24,26,29,34H,5-6,8,16,18,20-22H2,1-4H3,(H,43,46)(H,47,48). The fourth-order valence-corrected chi connectivity index (χ4v) is 8.11. The van der Waals surface area contributed by atoms with Crippen molar-refractivity contribution < 1.29 is 33.7 Å². The predicted octanol–water partition coefficient (Wildman–Crippen LogP) is 6.64. The molecule has 2 aromatic carbocycles. The van der Waals surface area contributed by atoms with Crippen LogP contribution in [0.3, 0.4) is 0 Å². The van der Waals surface area contributed by atoms with E-state index < -0.39 is 29.6 Å². The lowest BCUT2D eigenvalue weighted by Gasteiger charge is -2.32. The smallest absolute Gasteiger partial charge is 0.330 e. The molecule has 2 aliphatic heterocycles. The molecule has 1 saturated carbocycles. The van der Waals surface area contributed by atoms with E-state index in [0.717, 1.165) is 46.7 Å². The molecular formula is C40H45N5O7S. The SMILES string of the molecule is COc1ccc(CN2CCCCC=CC3CC3(C(=O)O)NC(=O)C3CC(Oc4cc(-c5nc(C(C)C)cs5)nc5cc(OC)ccc45)CN3C2=O)cc1. The van der Waals surface area contributed by atoms with Crippen LogP contribution in [-0.4, -0.2) is 87.8 Å². The van der Waals surface area contributed by atoms with Gasteiger partial charge in [0.05, 0.1) is 32.0 Å². The molecule has 4 atom stereocenters. The van der Waals surface area contributed by atoms with E-state index in [0.29, 0.717) is 42.2 Å². The molecule has 13 heteroatoms. The Hall–Kier alpha value is -5.17. The fourth-order valence-electron chi connectivity index (χ4n) is 7.17. The summed E-state index contributed by atoms with van der Waals surface area (Å²) in [5, 5.41) is 16.6. The van der Waals surface area contributed by atoms with Crippen molar-refractivity contribution >= 4 is 40.1 Å². The van der Waals surface area contributed by atoms with Crippen molar-refractivity contribution in [1.82, 2.24) is 25.1 Å². The Labute approximate surface area is 312 Å². The van der Waals surface area contributed by atoms with E-state index in [1.807, 2.05) is 66.1 Å². The third kappa shape index (κ3) is 7.53. The van der Waals surface area contributed by atoms with Gasteiger partial charge in [-0.2, -0.15) is 0 Å². The van der Waals surface area contributed by atoms with E-state index in [1.54, 1.807) is 24.0 Å². The lowest BCUT2D eigenvalue weighted by molar-refractivity contribution is -0.144. The number of nitrogens with zero attached hydrogens (tertiary/aromatic N) is 4. The van der Waals surface area contributed by atoms with Crippen molar-refractivity contribution in [1.29, 1.82) is 0 Å². The number of carboxylic acids is 1. The second-order valence-corrected chi connectivity index (χ2v) is 15.2. The lowest BCUT2D eigenvalue weighted by Crippen LogP contribution is -2.55. The first-order valence-electron chi connectivity index (χ1n) is 18.1. The van der Waals surface area contributed by atoms with E-state index in [1.165, 1.54) is 11.3 Å². The topological polar surface area (TPSA) is 143 Å². The van der Waals surface area contributed by atoms with Gasteiger partial charge in [-0.25, -0.2) is 19.6 Å². The third-order valence-electron chi connectivity index (χ3n) is 10.4. The van der Waals surface area contributed by atoms with Crippen LogP contribution in [0.2, 0.25) is 0 Å². The fraction of sp³-hybridized carbons (Fsp3) is 0.425. The van der Waals surface area contributed by atoms with Crippen LogP contribution in [0.5, 0.6) is 17.2 Å². The maximum Gasteiger partial charge on any atom is 0.330 e. The van der Waals surface area contributed by atoms with Gasteiger partial charge in [0.15, 0.2) is 0 Å². The van der Waals surface area contributed by atoms with Crippen LogP contribution in [-0.2, 0) is 16.1 Å². The molecule has 3 aliphatic rings. The van der Waals surface area contributed by atoms with E-state index in [2.05, 4.69) is 19.2 Å². The Balaban J connectivity index is 1.23. The molecule has 1 aliphatic carbocycles. The summed E-state index contributed by atoms with van der Waals surface area (Å²) in [5.74, 6) is 0.275. The number of carbonyl (C=O) groups excluding carboxylic acids is 2. The summed E-state index contributed by atoms with van der Waals surface area (Å²) in [6.07, 6.45) is 6.13. The van der Waals surface area contributed by atoms with E-state index in [-0.39, 0.29) is 30.8 Å². The van der Waals surface area contributed by atoms with Crippen LogP contribution in [0.25, 0.3) is 21.6 Å². The predicted molar refractivity (Wildman–Crippen MR) is 201 cm³/mol. The van der Waals surface area contributed by atoms with E-state index in [9.17, 15) is 19.5 Å². The molecule has 4 heterocycles. The highest BCUT2D eigenvalue weighted by Crippen LogP contribution is 2.45. The van der Waals surface area contributed by atoms with Crippen molar-refractivity contribution in [3.8, 4) is 28.0 Å². The monoisotopic (exact) mass is 739 g/mol. The second-order valence-electron chi connectivity index (χ2n) is 14.3. The molecule has 2 aromatic heterocycles. The zero-order valence-corrected chi connectivity index (χ0v) is 31.2. The Morgan fingerprint density at radius 2 is 1.83 bits per heavy atom. The molecule has 0 radical (unpaired) electrons. The van der Waals surface area contributed by atoms with E-state index >= 15 is 0 Å². The number of allylic oxidation sites excluding steroid dienone is 1. The van der Waals surface area contributed by atoms with E-state index in [4.69, 9.17) is 24.2 Å². The molecule has 1 saturated heterocycles. The number of fused-ring (bicyclic) bond motifs is 3. The Kier molecular flexibility index (Phi) is 10.3. The molecule has 4 unspecified atom stereocenters. The van der Waals surface area contributed by atoms with Gasteiger partial charge in [0.1, 0.15) is 45.6 Å². The molecule has 0 spiro atoms. The highest BCUT2D eigenvalue weighted by Gasteiger charge is 2.61. The van der Waals surface area contributed by atoms with Crippen LogP contribution >= 0.6 is 11.3 Å². The number of rotatable bonds is 9. The molecule has 2 fully saturated rings. The number of pyridine rings is 1. The number of aromatic nitrogens is 2. The first kappa shape index (κ1) is 36.2. The summed E-state index contributed by atoms with van der Waals surface area (Å²) in [6, 6.07) is 13.8. The maximum atomic E-state index is 14.6. The Morgan fingerprint density at radius 3 is 2.55 bits per heavy atom. The van der Waals surface area contributed by atoms with Crippen LogP contribution in [0.1, 0.15) is 63.1 Å². The van der Waals surface area contributed by atoms with Crippen molar-refractivity contribution in [3.63, 3.8) is 0 Å². The minimum atomic E-state index is -1.40. The number of nitrogens with one attached hydrogen (secondary N) is 1. The van der Waals surface area contributed by atoms with Gasteiger partial charge in [0, 0.05) is 48.3 Å². The summed E-state index contributed by atoms with van der Waals surface area (Å²) in [5.41, 5.74) is 1.80. The summed E-state index contributed by atoms with van der Waals surface area (Å²) in [6.45, 7) is 5.14. The molecular weight excluding hydrogens is 695 g/mol. The highest BCUT2D eigenvalue weighted by atomic mass is 32.1. The van der Waals surface area contributed by atoms with Gasteiger partial charge in [-0.3, -0.25) is 4.79 Å². The van der Waals surface area contributed by atoms with Gasteiger partial charge in [-0.1, -0.05) is 38.1 Å². The number of hydrogen-bond donors (Lipinski definition) is 2. The van der Waals surface area contributed by atoms with Gasteiger partial charge in [0.25, 0.3) is 0 Å². The van der Waals surface area contributed by atoms with Crippen molar-refractivity contribution in [2.24, 2.45) is 5.92 Å². The number of benzene rings is 2. The average molecular weight is 740 g/mol. The van der Waals surface area contributed by atoms with Crippen LogP contribution in [0, 0.1) is 5.92 Å². The summed E-state index contributed by atoms with van der Waals surface area (Å²) in [4.78, 5) is 54.4. The first-order chi connectivity index (χ1) is 25.6. The molecule has 2 N–H and O–H groups in total. The summed E-state index contributed by atoms with van der Waals surface area (Å²) >= 11 is 1.51. The summed E-state index contributed by atoms with van der Waals surface area (Å²) in [7, 11) is 3.21. The Bertz CT molecular complexity index is 2030. The number of ether oxygens (including phenoxy) is 3. The molecule has 3 amide bonds. The van der Waals surface area contributed by atoms with Gasteiger partial charge >= 0.3 is 12.0 Å². The zero-order chi connectivity index (χ0) is 37.3. The first-order valence-corrected chi connectivity index (χ1v) is 19.0. The number of carbonyl (C=O) groups is 3. The number of hydrogen-bond acceptors (Lipinski definition) is 9. The third-order valence-corrected chi connectivity index (χ3v) is 11.3. The normalized spacial score (nSPS) is 23.3. The number of methoxy groups -OCH3 is 2. The second kappa shape index (κ2) is 15.1. The number of thiazole rings is 1. The molecule has 0 bridgehead atoms. The molecule has 12 nitrogen and oxygen atoms in total. The van der Waals surface area contributed by atoms with Gasteiger partial charge < -0.3 is 34.4 Å². The molecule has 7 rings (SSSR count). The minimum Gasteiger partial charge on any atom is -0.497 e. The number of aliphatic carboxylic acids is 1. The van der Waals surface area contributed by atoms with Crippen LogP contribution in [0.15, 0.2) is 66.1 Å². The number of carboxylic acid groups (broad SMARTS) is 1. The minimum absolute atomic E-state index is 0.128. The van der Waals surface area contributed by atoms with Crippen LogP contribution < -0.4 is 19.5 Å². The molecule has 278 valence electrons.